The Balaban J connectivity index is 0. The standard InChI is InChI=1S/C5H7.ClH.Zn/c1-3-5-4-2;;/h3-5H,1-2H2;1H;/q-1;;+2/p-1. The molecule has 36 valence electrons. The van der Waals surface area contributed by atoms with Gasteiger partial charge in [0.25, 0.3) is 0 Å². The van der Waals surface area contributed by atoms with Crippen molar-refractivity contribution in [1.29, 1.82) is 0 Å². The topological polar surface area (TPSA) is 0 Å². The first-order chi connectivity index (χ1) is 3.41. The van der Waals surface area contributed by atoms with Crippen LogP contribution in [0.5, 0.6) is 0 Å². The molecule has 0 aromatic rings. The van der Waals surface area contributed by atoms with Crippen molar-refractivity contribution in [3.8, 4) is 0 Å². The molecule has 0 saturated carbocycles. The minimum absolute atomic E-state index is 0.847. The zero-order chi connectivity index (χ0) is 6.12. The van der Waals surface area contributed by atoms with Crippen molar-refractivity contribution in [2.24, 2.45) is 0 Å². The van der Waals surface area contributed by atoms with Crippen LogP contribution in [0.2, 0.25) is 0 Å². The van der Waals surface area contributed by atoms with Crippen LogP contribution in [0, 0.1) is 6.92 Å². The van der Waals surface area contributed by atoms with Gasteiger partial charge in [0.2, 0.25) is 0 Å². The molecule has 0 aliphatic heterocycles. The van der Waals surface area contributed by atoms with Crippen molar-refractivity contribution >= 4 is 9.69 Å². The van der Waals surface area contributed by atoms with Crippen LogP contribution in [0.25, 0.3) is 0 Å². The fourth-order valence-corrected chi connectivity index (χ4v) is 0.0962. The van der Waals surface area contributed by atoms with E-state index in [0.717, 1.165) is 17.3 Å². The molecule has 0 saturated heterocycles. The molecule has 0 radical (unpaired) electrons. The van der Waals surface area contributed by atoms with Crippen LogP contribution in [0.4, 0.5) is 0 Å². The van der Waals surface area contributed by atoms with E-state index in [2.05, 4.69) is 13.5 Å². The van der Waals surface area contributed by atoms with Crippen LogP contribution in [0.1, 0.15) is 0 Å². The molecule has 0 spiro atoms. The Morgan fingerprint density at radius 3 is 2.00 bits per heavy atom. The van der Waals surface area contributed by atoms with Gasteiger partial charge in [-0.15, -0.1) is 6.58 Å². The SMILES string of the molecule is C=CC=C[CH2-].[Cl][Zn+]. The van der Waals surface area contributed by atoms with Crippen molar-refractivity contribution in [2.75, 3.05) is 0 Å². The van der Waals surface area contributed by atoms with Crippen LogP contribution in [-0.2, 0) is 17.3 Å². The number of rotatable bonds is 1. The molecule has 0 amide bonds. The number of halogens is 1. The third kappa shape index (κ3) is 22.2. The van der Waals surface area contributed by atoms with Gasteiger partial charge < -0.3 is 0 Å². The predicted molar refractivity (Wildman–Crippen MR) is 30.5 cm³/mol. The Kier molecular flexibility index (Phi) is 23.9. The van der Waals surface area contributed by atoms with Crippen LogP contribution in [-0.4, -0.2) is 0 Å². The fourth-order valence-electron chi connectivity index (χ4n) is 0.0962. The summed E-state index contributed by atoms with van der Waals surface area (Å²) in [6.07, 6.45) is 5.15. The summed E-state index contributed by atoms with van der Waals surface area (Å²) in [7, 11) is 4.76. The second-order valence-corrected chi connectivity index (χ2v) is 0.664. The molecular weight excluding hydrogens is 161 g/mol. The summed E-state index contributed by atoms with van der Waals surface area (Å²) in [6, 6.07) is 0. The molecule has 0 fully saturated rings. The molecule has 0 rings (SSSR count). The van der Waals surface area contributed by atoms with E-state index in [9.17, 15) is 0 Å². The molecule has 0 aromatic heterocycles. The first-order valence-corrected chi connectivity index (χ1v) is 5.65. The minimum atomic E-state index is 0.847. The quantitative estimate of drug-likeness (QED) is 0.320. The van der Waals surface area contributed by atoms with E-state index in [-0.39, 0.29) is 0 Å². The normalized spacial score (nSPS) is 7.29. The Morgan fingerprint density at radius 1 is 1.57 bits per heavy atom. The van der Waals surface area contributed by atoms with Crippen molar-refractivity contribution < 1.29 is 17.3 Å². The molecule has 7 heavy (non-hydrogen) atoms. The van der Waals surface area contributed by atoms with Gasteiger partial charge in [0.05, 0.1) is 0 Å². The van der Waals surface area contributed by atoms with Crippen molar-refractivity contribution in [2.45, 2.75) is 0 Å². The Hall–Kier alpha value is 0.263. The van der Waals surface area contributed by atoms with Crippen LogP contribution in [0.3, 0.4) is 0 Å². The third-order valence-corrected chi connectivity index (χ3v) is 0.272. The molecule has 0 unspecified atom stereocenters. The van der Waals surface area contributed by atoms with Gasteiger partial charge in [-0.3, -0.25) is 0 Å². The fraction of sp³-hybridized carbons (Fsp3) is 0. The van der Waals surface area contributed by atoms with Gasteiger partial charge in [-0.25, -0.2) is 19.1 Å². The van der Waals surface area contributed by atoms with Gasteiger partial charge in [0.15, 0.2) is 0 Å². The zero-order valence-electron chi connectivity index (χ0n) is 4.23. The van der Waals surface area contributed by atoms with Gasteiger partial charge in [-0.2, -0.15) is 6.08 Å². The average Bonchev–Trinajstić information content (AvgIpc) is 1.75. The van der Waals surface area contributed by atoms with Crippen molar-refractivity contribution in [3.63, 3.8) is 0 Å². The van der Waals surface area contributed by atoms with E-state index in [1.807, 2.05) is 0 Å². The average molecular weight is 168 g/mol. The molecule has 0 nitrogen and oxygen atoms in total. The molecule has 0 heterocycles. The van der Waals surface area contributed by atoms with Crippen molar-refractivity contribution in [3.05, 3.63) is 31.7 Å². The van der Waals surface area contributed by atoms with Gasteiger partial charge in [-0.1, -0.05) is 0 Å². The molecule has 0 aliphatic rings. The second-order valence-electron chi connectivity index (χ2n) is 0.664. The van der Waals surface area contributed by atoms with E-state index in [0.29, 0.717) is 0 Å². The van der Waals surface area contributed by atoms with Gasteiger partial charge >= 0.3 is 27.0 Å². The molecule has 0 atom stereocenters. The monoisotopic (exact) mass is 166 g/mol. The summed E-state index contributed by atoms with van der Waals surface area (Å²) in [5.74, 6) is 0. The van der Waals surface area contributed by atoms with Crippen LogP contribution < -0.4 is 0 Å². The van der Waals surface area contributed by atoms with E-state index < -0.39 is 0 Å². The summed E-state index contributed by atoms with van der Waals surface area (Å²) in [4.78, 5) is 0. The van der Waals surface area contributed by atoms with E-state index in [4.69, 9.17) is 9.69 Å². The Bertz CT molecular complexity index is 50.0. The summed E-state index contributed by atoms with van der Waals surface area (Å²) in [6.45, 7) is 6.85. The number of hydrogen-bond acceptors (Lipinski definition) is 0. The molecular formula is C5H7ClZn. The van der Waals surface area contributed by atoms with Crippen molar-refractivity contribution in [1.82, 2.24) is 0 Å². The summed E-state index contributed by atoms with van der Waals surface area (Å²) in [5.41, 5.74) is 0. The molecule has 0 bridgehead atoms. The summed E-state index contributed by atoms with van der Waals surface area (Å²) >= 11 is 0.847. The summed E-state index contributed by atoms with van der Waals surface area (Å²) in [5, 5.41) is 0. The maximum absolute atomic E-state index is 4.76. The molecule has 0 aromatic carbocycles. The van der Waals surface area contributed by atoms with Gasteiger partial charge in [0.1, 0.15) is 0 Å². The van der Waals surface area contributed by atoms with E-state index >= 15 is 0 Å². The Labute approximate surface area is 59.0 Å². The number of hydrogen-bond donors (Lipinski definition) is 0. The van der Waals surface area contributed by atoms with E-state index in [1.54, 1.807) is 18.2 Å². The van der Waals surface area contributed by atoms with Gasteiger partial charge in [-0.05, 0) is 0 Å². The van der Waals surface area contributed by atoms with Gasteiger partial charge in [0, 0.05) is 0 Å². The molecule has 0 aliphatic carbocycles. The zero-order valence-corrected chi connectivity index (χ0v) is 7.95. The maximum atomic E-state index is 4.76. The first kappa shape index (κ1) is 10.3. The van der Waals surface area contributed by atoms with E-state index in [1.165, 1.54) is 0 Å². The first-order valence-electron chi connectivity index (χ1n) is 1.75. The Morgan fingerprint density at radius 2 is 2.00 bits per heavy atom. The predicted octanol–water partition coefficient (Wildman–Crippen LogP) is 2.25. The molecule has 2 heteroatoms. The third-order valence-electron chi connectivity index (χ3n) is 0.272. The van der Waals surface area contributed by atoms with Crippen LogP contribution in [0.15, 0.2) is 24.8 Å². The summed E-state index contributed by atoms with van der Waals surface area (Å²) < 4.78 is 0. The molecule has 0 N–H and O–H groups in total. The second kappa shape index (κ2) is 16.3. The van der Waals surface area contributed by atoms with Crippen LogP contribution >= 0.6 is 9.69 Å². The number of allylic oxidation sites excluding steroid dienone is 3.